The Balaban J connectivity index is 1.48. The van der Waals surface area contributed by atoms with E-state index in [0.29, 0.717) is 24.4 Å². The van der Waals surface area contributed by atoms with Gasteiger partial charge in [0, 0.05) is 29.7 Å². The molecule has 0 aliphatic carbocycles. The van der Waals surface area contributed by atoms with Crippen molar-refractivity contribution in [1.82, 2.24) is 19.7 Å². The summed E-state index contributed by atoms with van der Waals surface area (Å²) in [6, 6.07) is 11.8. The lowest BCUT2D eigenvalue weighted by Crippen LogP contribution is -2.31. The van der Waals surface area contributed by atoms with Crippen molar-refractivity contribution in [3.05, 3.63) is 93.5 Å². The molecule has 0 saturated carbocycles. The number of aromatic nitrogens is 3. The Morgan fingerprint density at radius 2 is 1.63 bits per heavy atom. The normalized spacial score (nSPS) is 13.2. The molecule has 0 bridgehead atoms. The standard InChI is InChI=1S/C30H28ClF3N4O3/c1-16(2)38-27(35-36-29(38)30(3,4)41-26-24(33)11-19(31)12-25(26)34)22-10-18-15-37(28(39)21(18)13-23(22)32)14-17-6-8-20(40-5)9-7-17/h6-13,16H,14-15H2,1-5H3. The molecule has 0 N–H and O–H groups in total. The second-order valence-electron chi connectivity index (χ2n) is 10.6. The average molecular weight is 585 g/mol. The fourth-order valence-corrected chi connectivity index (χ4v) is 5.14. The van der Waals surface area contributed by atoms with E-state index in [2.05, 4.69) is 10.2 Å². The summed E-state index contributed by atoms with van der Waals surface area (Å²) in [7, 11) is 1.58. The van der Waals surface area contributed by atoms with Gasteiger partial charge in [-0.25, -0.2) is 13.2 Å². The van der Waals surface area contributed by atoms with Crippen LogP contribution < -0.4 is 9.47 Å². The number of carbonyl (C=O) groups is 1. The topological polar surface area (TPSA) is 69.5 Å². The zero-order valence-electron chi connectivity index (χ0n) is 23.1. The first kappa shape index (κ1) is 28.5. The van der Waals surface area contributed by atoms with Gasteiger partial charge in [-0.15, -0.1) is 10.2 Å². The molecule has 0 fully saturated rings. The van der Waals surface area contributed by atoms with Crippen LogP contribution in [0.15, 0.2) is 48.5 Å². The van der Waals surface area contributed by atoms with Crippen molar-refractivity contribution in [2.75, 3.05) is 7.11 Å². The van der Waals surface area contributed by atoms with Crippen LogP contribution in [0.2, 0.25) is 5.02 Å². The smallest absolute Gasteiger partial charge is 0.254 e. The van der Waals surface area contributed by atoms with Crippen molar-refractivity contribution in [3.63, 3.8) is 0 Å². The highest BCUT2D eigenvalue weighted by Gasteiger charge is 2.36. The van der Waals surface area contributed by atoms with Crippen molar-refractivity contribution in [2.45, 2.75) is 52.4 Å². The predicted molar refractivity (Wildman–Crippen MR) is 147 cm³/mol. The van der Waals surface area contributed by atoms with Gasteiger partial charge in [0.05, 0.1) is 12.7 Å². The maximum absolute atomic E-state index is 15.6. The molecule has 1 amide bonds. The molecule has 0 saturated heterocycles. The number of hydrogen-bond acceptors (Lipinski definition) is 5. The van der Waals surface area contributed by atoms with Gasteiger partial charge in [-0.2, -0.15) is 0 Å². The molecule has 0 radical (unpaired) electrons. The van der Waals surface area contributed by atoms with Gasteiger partial charge in [-0.1, -0.05) is 23.7 Å². The molecule has 0 atom stereocenters. The molecule has 214 valence electrons. The van der Waals surface area contributed by atoms with E-state index in [1.165, 1.54) is 6.07 Å². The van der Waals surface area contributed by atoms with E-state index >= 15 is 4.39 Å². The van der Waals surface area contributed by atoms with E-state index in [1.807, 2.05) is 38.1 Å². The van der Waals surface area contributed by atoms with Gasteiger partial charge in [0.2, 0.25) is 0 Å². The monoisotopic (exact) mass is 584 g/mol. The van der Waals surface area contributed by atoms with Crippen LogP contribution in [0.3, 0.4) is 0 Å². The molecule has 7 nitrogen and oxygen atoms in total. The molecule has 1 aliphatic heterocycles. The molecule has 11 heteroatoms. The SMILES string of the molecule is COc1ccc(CN2Cc3cc(-c4nnc(C(C)(C)Oc5c(F)cc(Cl)cc5F)n4C(C)C)c(F)cc3C2=O)cc1. The van der Waals surface area contributed by atoms with Crippen LogP contribution in [0.25, 0.3) is 11.4 Å². The first-order valence-corrected chi connectivity index (χ1v) is 13.3. The largest absolute Gasteiger partial charge is 0.497 e. The minimum absolute atomic E-state index is 0.106. The zero-order chi connectivity index (χ0) is 29.6. The minimum atomic E-state index is -1.37. The maximum atomic E-state index is 15.6. The minimum Gasteiger partial charge on any atom is -0.497 e. The van der Waals surface area contributed by atoms with Crippen LogP contribution in [0.1, 0.15) is 61.0 Å². The summed E-state index contributed by atoms with van der Waals surface area (Å²) in [6.45, 7) is 7.51. The molecule has 4 aromatic rings. The van der Waals surface area contributed by atoms with Gasteiger partial charge < -0.3 is 18.9 Å². The molecule has 0 unspecified atom stereocenters. The van der Waals surface area contributed by atoms with Crippen molar-refractivity contribution >= 4 is 17.5 Å². The van der Waals surface area contributed by atoms with Crippen molar-refractivity contribution in [1.29, 1.82) is 0 Å². The van der Waals surface area contributed by atoms with Crippen LogP contribution in [0.4, 0.5) is 13.2 Å². The first-order chi connectivity index (χ1) is 19.4. The van der Waals surface area contributed by atoms with E-state index in [4.69, 9.17) is 21.1 Å². The molecular formula is C30H28ClF3N4O3. The lowest BCUT2D eigenvalue weighted by atomic mass is 10.0. The number of hydrogen-bond donors (Lipinski definition) is 0. The van der Waals surface area contributed by atoms with E-state index in [1.54, 1.807) is 36.5 Å². The summed E-state index contributed by atoms with van der Waals surface area (Å²) in [5.74, 6) is -2.31. The number of nitrogens with zero attached hydrogens (tertiary/aromatic N) is 4. The maximum Gasteiger partial charge on any atom is 0.254 e. The number of carbonyl (C=O) groups excluding carboxylic acids is 1. The third-order valence-electron chi connectivity index (χ3n) is 6.92. The van der Waals surface area contributed by atoms with Gasteiger partial charge in [-0.3, -0.25) is 4.79 Å². The van der Waals surface area contributed by atoms with Gasteiger partial charge in [0.15, 0.2) is 34.6 Å². The lowest BCUT2D eigenvalue weighted by molar-refractivity contribution is 0.0766. The highest BCUT2D eigenvalue weighted by Crippen LogP contribution is 2.37. The number of methoxy groups -OCH3 is 1. The number of amides is 1. The average Bonchev–Trinajstić information content (AvgIpc) is 3.49. The van der Waals surface area contributed by atoms with Gasteiger partial charge >= 0.3 is 0 Å². The molecular weight excluding hydrogens is 557 g/mol. The summed E-state index contributed by atoms with van der Waals surface area (Å²) in [6.07, 6.45) is 0. The van der Waals surface area contributed by atoms with E-state index < -0.39 is 28.8 Å². The van der Waals surface area contributed by atoms with Gasteiger partial charge in [-0.05, 0) is 75.2 Å². The first-order valence-electron chi connectivity index (χ1n) is 12.9. The second kappa shape index (κ2) is 10.7. The fraction of sp³-hybridized carbons (Fsp3) is 0.300. The number of benzene rings is 3. The molecule has 3 aromatic carbocycles. The molecule has 1 aromatic heterocycles. The van der Waals surface area contributed by atoms with Crippen LogP contribution in [0, 0.1) is 17.5 Å². The second-order valence-corrected chi connectivity index (χ2v) is 11.1. The van der Waals surface area contributed by atoms with Crippen LogP contribution in [0.5, 0.6) is 11.5 Å². The highest BCUT2D eigenvalue weighted by molar-refractivity contribution is 6.30. The highest BCUT2D eigenvalue weighted by atomic mass is 35.5. The third kappa shape index (κ3) is 5.36. The van der Waals surface area contributed by atoms with Crippen molar-refractivity contribution < 1.29 is 27.4 Å². The Bertz CT molecular complexity index is 1610. The summed E-state index contributed by atoms with van der Waals surface area (Å²) in [5.41, 5.74) is 0.625. The summed E-state index contributed by atoms with van der Waals surface area (Å²) < 4.78 is 57.2. The molecule has 0 spiro atoms. The van der Waals surface area contributed by atoms with Crippen LogP contribution in [-0.4, -0.2) is 32.7 Å². The number of rotatable bonds is 8. The van der Waals surface area contributed by atoms with Crippen molar-refractivity contribution in [2.24, 2.45) is 0 Å². The number of fused-ring (bicyclic) bond motifs is 1. The Kier molecular flexibility index (Phi) is 7.46. The molecule has 5 rings (SSSR count). The summed E-state index contributed by atoms with van der Waals surface area (Å²) >= 11 is 5.75. The molecule has 1 aliphatic rings. The van der Waals surface area contributed by atoms with E-state index in [9.17, 15) is 13.6 Å². The fourth-order valence-electron chi connectivity index (χ4n) is 4.95. The lowest BCUT2D eigenvalue weighted by Gasteiger charge is -2.28. The Morgan fingerprint density at radius 1 is 0.976 bits per heavy atom. The number of ether oxygens (including phenoxy) is 2. The zero-order valence-corrected chi connectivity index (χ0v) is 23.9. The summed E-state index contributed by atoms with van der Waals surface area (Å²) in [5, 5.41) is 8.41. The Hall–Kier alpha value is -4.05. The van der Waals surface area contributed by atoms with Crippen molar-refractivity contribution in [3.8, 4) is 22.9 Å². The van der Waals surface area contributed by atoms with Gasteiger partial charge in [0.1, 0.15) is 11.6 Å². The van der Waals surface area contributed by atoms with E-state index in [0.717, 1.165) is 17.7 Å². The third-order valence-corrected chi connectivity index (χ3v) is 7.13. The Morgan fingerprint density at radius 3 is 2.24 bits per heavy atom. The van der Waals surface area contributed by atoms with E-state index in [-0.39, 0.29) is 39.7 Å². The van der Waals surface area contributed by atoms with Crippen LogP contribution >= 0.6 is 11.6 Å². The molecule has 2 heterocycles. The molecule has 41 heavy (non-hydrogen) atoms. The van der Waals surface area contributed by atoms with Crippen LogP contribution in [-0.2, 0) is 18.7 Å². The quantitative estimate of drug-likeness (QED) is 0.221. The number of halogens is 4. The summed E-state index contributed by atoms with van der Waals surface area (Å²) in [4.78, 5) is 14.7. The predicted octanol–water partition coefficient (Wildman–Crippen LogP) is 7.08. The Labute approximate surface area is 240 Å². The van der Waals surface area contributed by atoms with Gasteiger partial charge in [0.25, 0.3) is 5.91 Å².